The summed E-state index contributed by atoms with van der Waals surface area (Å²) in [5.41, 5.74) is 1.76. The molecule has 0 unspecified atom stereocenters. The van der Waals surface area contributed by atoms with Gasteiger partial charge in [-0.05, 0) is 52.9 Å². The first-order valence-electron chi connectivity index (χ1n) is 4.78. The predicted molar refractivity (Wildman–Crippen MR) is 76.4 cm³/mol. The number of nitrogens with one attached hydrogen (secondary N) is 1. The number of hydrogen-bond acceptors (Lipinski definition) is 3. The molecule has 0 radical (unpaired) electrons. The second kappa shape index (κ2) is 5.34. The molecule has 2 aromatic rings. The van der Waals surface area contributed by atoms with Crippen LogP contribution in [0, 0.1) is 14.9 Å². The van der Waals surface area contributed by atoms with Crippen molar-refractivity contribution in [3.8, 4) is 6.07 Å². The van der Waals surface area contributed by atoms with Gasteiger partial charge in [0.2, 0.25) is 0 Å². The van der Waals surface area contributed by atoms with E-state index in [2.05, 4.69) is 32.9 Å². The van der Waals surface area contributed by atoms with Gasteiger partial charge in [-0.1, -0.05) is 11.6 Å². The standard InChI is InChI=1S/C12H7ClIN3/c13-9-6-8(14)3-4-10(9)17-11-2-1-5-16-12(11)7-15/h1-6,17H. The number of halogens is 2. The van der Waals surface area contributed by atoms with Crippen LogP contribution in [-0.2, 0) is 0 Å². The van der Waals surface area contributed by atoms with Crippen molar-refractivity contribution in [2.75, 3.05) is 5.32 Å². The minimum atomic E-state index is 0.349. The molecule has 0 amide bonds. The van der Waals surface area contributed by atoms with Gasteiger partial charge >= 0.3 is 0 Å². The first kappa shape index (κ1) is 12.1. The second-order valence-electron chi connectivity index (χ2n) is 3.26. The number of rotatable bonds is 2. The van der Waals surface area contributed by atoms with Crippen molar-refractivity contribution in [2.24, 2.45) is 0 Å². The molecule has 0 spiro atoms. The Morgan fingerprint density at radius 2 is 2.12 bits per heavy atom. The Balaban J connectivity index is 2.35. The highest BCUT2D eigenvalue weighted by Gasteiger charge is 2.05. The Bertz CT molecular complexity index is 593. The van der Waals surface area contributed by atoms with Crippen LogP contribution in [0.4, 0.5) is 11.4 Å². The van der Waals surface area contributed by atoms with Crippen molar-refractivity contribution in [1.82, 2.24) is 4.98 Å². The molecule has 0 aliphatic carbocycles. The Hall–Kier alpha value is -1.32. The molecule has 0 fully saturated rings. The molecular weight excluding hydrogens is 349 g/mol. The van der Waals surface area contributed by atoms with E-state index in [1.165, 1.54) is 0 Å². The van der Waals surface area contributed by atoms with Crippen molar-refractivity contribution >= 4 is 45.6 Å². The van der Waals surface area contributed by atoms with E-state index in [0.717, 1.165) is 9.26 Å². The van der Waals surface area contributed by atoms with Gasteiger partial charge in [0.05, 0.1) is 16.4 Å². The third kappa shape index (κ3) is 2.87. The lowest BCUT2D eigenvalue weighted by Crippen LogP contribution is -1.96. The van der Waals surface area contributed by atoms with Gasteiger partial charge in [-0.15, -0.1) is 0 Å². The highest BCUT2D eigenvalue weighted by molar-refractivity contribution is 14.1. The molecule has 0 aliphatic heterocycles. The molecule has 84 valence electrons. The summed E-state index contributed by atoms with van der Waals surface area (Å²) in [6.45, 7) is 0. The molecule has 0 saturated carbocycles. The van der Waals surface area contributed by atoms with Crippen LogP contribution in [-0.4, -0.2) is 4.98 Å². The fraction of sp³-hybridized carbons (Fsp3) is 0. The van der Waals surface area contributed by atoms with E-state index in [9.17, 15) is 0 Å². The quantitative estimate of drug-likeness (QED) is 0.830. The normalized spacial score (nSPS) is 9.71. The van der Waals surface area contributed by atoms with E-state index in [1.807, 2.05) is 24.3 Å². The number of pyridine rings is 1. The minimum absolute atomic E-state index is 0.349. The topological polar surface area (TPSA) is 48.7 Å². The zero-order valence-electron chi connectivity index (χ0n) is 8.61. The van der Waals surface area contributed by atoms with Crippen LogP contribution in [0.5, 0.6) is 0 Å². The van der Waals surface area contributed by atoms with Crippen molar-refractivity contribution in [3.05, 3.63) is 50.8 Å². The summed E-state index contributed by atoms with van der Waals surface area (Å²) in [5.74, 6) is 0. The lowest BCUT2D eigenvalue weighted by molar-refractivity contribution is 1.26. The summed E-state index contributed by atoms with van der Waals surface area (Å²) in [5, 5.41) is 12.6. The number of nitrogens with zero attached hydrogens (tertiary/aromatic N) is 2. The van der Waals surface area contributed by atoms with E-state index in [4.69, 9.17) is 16.9 Å². The highest BCUT2D eigenvalue weighted by atomic mass is 127. The molecule has 2 rings (SSSR count). The van der Waals surface area contributed by atoms with Crippen LogP contribution in [0.15, 0.2) is 36.5 Å². The zero-order chi connectivity index (χ0) is 12.3. The smallest absolute Gasteiger partial charge is 0.163 e. The third-order valence-corrected chi connectivity index (χ3v) is 3.10. The lowest BCUT2D eigenvalue weighted by Gasteiger charge is -2.09. The van der Waals surface area contributed by atoms with Gasteiger partial charge in [0.1, 0.15) is 6.07 Å². The molecule has 1 heterocycles. The van der Waals surface area contributed by atoms with Crippen LogP contribution in [0.1, 0.15) is 5.69 Å². The van der Waals surface area contributed by atoms with Crippen LogP contribution in [0.25, 0.3) is 0 Å². The van der Waals surface area contributed by atoms with Gasteiger partial charge in [0.15, 0.2) is 5.69 Å². The van der Waals surface area contributed by atoms with Crippen molar-refractivity contribution < 1.29 is 0 Å². The summed E-state index contributed by atoms with van der Waals surface area (Å²) in [7, 11) is 0. The van der Waals surface area contributed by atoms with Crippen molar-refractivity contribution in [2.45, 2.75) is 0 Å². The van der Waals surface area contributed by atoms with E-state index in [0.29, 0.717) is 16.4 Å². The van der Waals surface area contributed by atoms with Crippen LogP contribution < -0.4 is 5.32 Å². The molecular formula is C12H7ClIN3. The Kier molecular flexibility index (Phi) is 3.82. The van der Waals surface area contributed by atoms with Crippen LogP contribution in [0.2, 0.25) is 5.02 Å². The first-order valence-corrected chi connectivity index (χ1v) is 6.23. The van der Waals surface area contributed by atoms with Crippen LogP contribution in [0.3, 0.4) is 0 Å². The maximum atomic E-state index is 8.92. The Morgan fingerprint density at radius 3 is 2.82 bits per heavy atom. The van der Waals surface area contributed by atoms with Gasteiger partial charge in [-0.3, -0.25) is 0 Å². The summed E-state index contributed by atoms with van der Waals surface area (Å²) >= 11 is 8.29. The van der Waals surface area contributed by atoms with Crippen LogP contribution >= 0.6 is 34.2 Å². The maximum absolute atomic E-state index is 8.92. The molecule has 1 N–H and O–H groups in total. The molecule has 0 atom stereocenters. The molecule has 17 heavy (non-hydrogen) atoms. The monoisotopic (exact) mass is 355 g/mol. The number of benzene rings is 1. The molecule has 0 saturated heterocycles. The van der Waals surface area contributed by atoms with E-state index < -0.39 is 0 Å². The van der Waals surface area contributed by atoms with Gasteiger partial charge in [0.25, 0.3) is 0 Å². The fourth-order valence-electron chi connectivity index (χ4n) is 1.33. The number of nitriles is 1. The third-order valence-electron chi connectivity index (χ3n) is 2.11. The number of anilines is 2. The van der Waals surface area contributed by atoms with E-state index in [-0.39, 0.29) is 0 Å². The van der Waals surface area contributed by atoms with E-state index in [1.54, 1.807) is 18.3 Å². The minimum Gasteiger partial charge on any atom is -0.352 e. The molecule has 5 heteroatoms. The SMILES string of the molecule is N#Cc1ncccc1Nc1ccc(I)cc1Cl. The first-order chi connectivity index (χ1) is 8.20. The van der Waals surface area contributed by atoms with Crippen molar-refractivity contribution in [3.63, 3.8) is 0 Å². The molecule has 3 nitrogen and oxygen atoms in total. The highest BCUT2D eigenvalue weighted by Crippen LogP contribution is 2.27. The largest absolute Gasteiger partial charge is 0.352 e. The van der Waals surface area contributed by atoms with Gasteiger partial charge in [-0.25, -0.2) is 4.98 Å². The average Bonchev–Trinajstić information content (AvgIpc) is 2.33. The van der Waals surface area contributed by atoms with Gasteiger partial charge < -0.3 is 5.32 Å². The Labute approximate surface area is 118 Å². The fourth-order valence-corrected chi connectivity index (χ4v) is 2.23. The lowest BCUT2D eigenvalue weighted by atomic mass is 10.2. The zero-order valence-corrected chi connectivity index (χ0v) is 11.5. The predicted octanol–water partition coefficient (Wildman–Crippen LogP) is 3.95. The number of aromatic nitrogens is 1. The maximum Gasteiger partial charge on any atom is 0.163 e. The number of hydrogen-bond donors (Lipinski definition) is 1. The summed E-state index contributed by atoms with van der Waals surface area (Å²) in [6.07, 6.45) is 1.58. The molecule has 1 aromatic carbocycles. The summed E-state index contributed by atoms with van der Waals surface area (Å²) in [4.78, 5) is 3.97. The second-order valence-corrected chi connectivity index (χ2v) is 4.91. The molecule has 0 aliphatic rings. The summed E-state index contributed by atoms with van der Waals surface area (Å²) in [6, 6.07) is 11.3. The van der Waals surface area contributed by atoms with Crippen molar-refractivity contribution in [1.29, 1.82) is 5.26 Å². The Morgan fingerprint density at radius 1 is 1.29 bits per heavy atom. The molecule has 0 bridgehead atoms. The average molecular weight is 356 g/mol. The van der Waals surface area contributed by atoms with Gasteiger partial charge in [0, 0.05) is 9.77 Å². The molecule has 1 aromatic heterocycles. The van der Waals surface area contributed by atoms with E-state index >= 15 is 0 Å². The summed E-state index contributed by atoms with van der Waals surface area (Å²) < 4.78 is 1.06. The van der Waals surface area contributed by atoms with Gasteiger partial charge in [-0.2, -0.15) is 5.26 Å².